The minimum absolute atomic E-state index is 0.0520. The molecule has 1 saturated carbocycles. The highest BCUT2D eigenvalue weighted by atomic mass is 19.3. The molecule has 2 rings (SSSR count). The Morgan fingerprint density at radius 2 is 2.26 bits per heavy atom. The van der Waals surface area contributed by atoms with Gasteiger partial charge in [-0.15, -0.1) is 0 Å². The van der Waals surface area contributed by atoms with Crippen LogP contribution in [0, 0.1) is 0 Å². The average molecular weight is 274 g/mol. The molecule has 1 N–H and O–H groups in total. The SMILES string of the molecule is CN(Cc1ncnn1C)C(=O)C(F)(F)C1(O)CCC1. The standard InChI is InChI=1S/C11H16F2N4O2/c1-16(6-8-14-7-15-17(8)2)9(18)11(12,13)10(19)4-3-5-10/h7,19H,3-6H2,1-2H3. The Kier molecular flexibility index (Phi) is 3.29. The van der Waals surface area contributed by atoms with E-state index in [-0.39, 0.29) is 19.4 Å². The van der Waals surface area contributed by atoms with E-state index in [9.17, 15) is 18.7 Å². The molecular weight excluding hydrogens is 258 g/mol. The largest absolute Gasteiger partial charge is 0.383 e. The number of alkyl halides is 2. The second kappa shape index (κ2) is 4.52. The van der Waals surface area contributed by atoms with E-state index in [4.69, 9.17) is 0 Å². The number of carbonyl (C=O) groups is 1. The fourth-order valence-electron chi connectivity index (χ4n) is 2.01. The van der Waals surface area contributed by atoms with Crippen LogP contribution < -0.4 is 0 Å². The van der Waals surface area contributed by atoms with Crippen LogP contribution in [-0.2, 0) is 18.4 Å². The van der Waals surface area contributed by atoms with Crippen LogP contribution in [0.4, 0.5) is 8.78 Å². The first-order valence-corrected chi connectivity index (χ1v) is 5.96. The molecule has 0 aromatic carbocycles. The molecule has 1 fully saturated rings. The summed E-state index contributed by atoms with van der Waals surface area (Å²) in [4.78, 5) is 16.5. The van der Waals surface area contributed by atoms with Gasteiger partial charge in [0.25, 0.3) is 5.91 Å². The van der Waals surface area contributed by atoms with Crippen LogP contribution in [0.25, 0.3) is 0 Å². The molecule has 0 spiro atoms. The average Bonchev–Trinajstić information content (AvgIpc) is 2.70. The zero-order chi connectivity index (χ0) is 14.3. The third-order valence-electron chi connectivity index (χ3n) is 3.56. The molecule has 1 aromatic heterocycles. The van der Waals surface area contributed by atoms with Gasteiger partial charge in [0.1, 0.15) is 17.8 Å². The number of carbonyl (C=O) groups excluding carboxylic acids is 1. The van der Waals surface area contributed by atoms with Crippen molar-refractivity contribution in [2.24, 2.45) is 7.05 Å². The lowest BCUT2D eigenvalue weighted by Crippen LogP contribution is -2.60. The van der Waals surface area contributed by atoms with Crippen molar-refractivity contribution >= 4 is 5.91 Å². The van der Waals surface area contributed by atoms with Crippen molar-refractivity contribution in [3.8, 4) is 0 Å². The van der Waals surface area contributed by atoms with Crippen LogP contribution in [-0.4, -0.2) is 49.2 Å². The molecule has 106 valence electrons. The maximum absolute atomic E-state index is 13.9. The van der Waals surface area contributed by atoms with Crippen LogP contribution >= 0.6 is 0 Å². The van der Waals surface area contributed by atoms with Gasteiger partial charge in [-0.2, -0.15) is 13.9 Å². The third-order valence-corrected chi connectivity index (χ3v) is 3.56. The molecule has 1 heterocycles. The number of nitrogens with zero attached hydrogens (tertiary/aromatic N) is 4. The van der Waals surface area contributed by atoms with Crippen LogP contribution in [0.3, 0.4) is 0 Å². The van der Waals surface area contributed by atoms with Gasteiger partial charge < -0.3 is 10.0 Å². The van der Waals surface area contributed by atoms with E-state index in [2.05, 4.69) is 10.1 Å². The summed E-state index contributed by atoms with van der Waals surface area (Å²) in [5.41, 5.74) is -2.20. The summed E-state index contributed by atoms with van der Waals surface area (Å²) < 4.78 is 29.3. The van der Waals surface area contributed by atoms with Crippen molar-refractivity contribution in [2.75, 3.05) is 7.05 Å². The number of aryl methyl sites for hydroxylation is 1. The van der Waals surface area contributed by atoms with Gasteiger partial charge in [0.2, 0.25) is 0 Å². The summed E-state index contributed by atoms with van der Waals surface area (Å²) in [7, 11) is 2.87. The molecule has 1 aliphatic rings. The van der Waals surface area contributed by atoms with Gasteiger partial charge in [0, 0.05) is 14.1 Å². The van der Waals surface area contributed by atoms with Crippen molar-refractivity contribution in [3.05, 3.63) is 12.2 Å². The fraction of sp³-hybridized carbons (Fsp3) is 0.727. The summed E-state index contributed by atoms with van der Waals surface area (Å²) in [5, 5.41) is 13.5. The van der Waals surface area contributed by atoms with E-state index in [0.717, 1.165) is 4.90 Å². The van der Waals surface area contributed by atoms with Gasteiger partial charge in [-0.25, -0.2) is 4.98 Å². The predicted octanol–water partition coefficient (Wildman–Crippen LogP) is 0.324. The normalized spacial score (nSPS) is 17.9. The fourth-order valence-corrected chi connectivity index (χ4v) is 2.01. The Morgan fingerprint density at radius 3 is 2.68 bits per heavy atom. The number of amides is 1. The second-order valence-electron chi connectivity index (χ2n) is 4.92. The molecule has 8 heteroatoms. The molecule has 19 heavy (non-hydrogen) atoms. The number of hydrogen-bond donors (Lipinski definition) is 1. The Morgan fingerprint density at radius 1 is 1.63 bits per heavy atom. The van der Waals surface area contributed by atoms with E-state index >= 15 is 0 Å². The third kappa shape index (κ3) is 2.20. The van der Waals surface area contributed by atoms with Gasteiger partial charge in [-0.3, -0.25) is 9.48 Å². The van der Waals surface area contributed by atoms with Gasteiger partial charge >= 0.3 is 5.92 Å². The summed E-state index contributed by atoms with van der Waals surface area (Å²) in [5.74, 6) is -4.76. The van der Waals surface area contributed by atoms with Gasteiger partial charge in [0.15, 0.2) is 0 Å². The van der Waals surface area contributed by atoms with Crippen molar-refractivity contribution in [1.29, 1.82) is 0 Å². The van der Waals surface area contributed by atoms with Crippen LogP contribution in [0.15, 0.2) is 6.33 Å². The first kappa shape index (κ1) is 13.9. The molecule has 0 aliphatic heterocycles. The molecule has 0 bridgehead atoms. The van der Waals surface area contributed by atoms with Crippen molar-refractivity contribution < 1.29 is 18.7 Å². The van der Waals surface area contributed by atoms with E-state index in [1.807, 2.05) is 0 Å². The number of aromatic nitrogens is 3. The minimum Gasteiger partial charge on any atom is -0.383 e. The zero-order valence-corrected chi connectivity index (χ0v) is 10.8. The Labute approximate surface area is 109 Å². The number of rotatable bonds is 4. The summed E-state index contributed by atoms with van der Waals surface area (Å²) >= 11 is 0. The molecule has 1 aliphatic carbocycles. The molecule has 0 saturated heterocycles. The highest BCUT2D eigenvalue weighted by Crippen LogP contribution is 2.45. The predicted molar refractivity (Wildman–Crippen MR) is 61.2 cm³/mol. The van der Waals surface area contributed by atoms with E-state index < -0.39 is 17.4 Å². The number of halogens is 2. The van der Waals surface area contributed by atoms with Crippen LogP contribution in [0.5, 0.6) is 0 Å². The molecule has 1 aromatic rings. The minimum atomic E-state index is -3.77. The maximum atomic E-state index is 13.9. The van der Waals surface area contributed by atoms with Crippen molar-refractivity contribution in [2.45, 2.75) is 37.3 Å². The van der Waals surface area contributed by atoms with Gasteiger partial charge in [0.05, 0.1) is 6.54 Å². The zero-order valence-electron chi connectivity index (χ0n) is 10.8. The van der Waals surface area contributed by atoms with Crippen molar-refractivity contribution in [3.63, 3.8) is 0 Å². The number of hydrogen-bond acceptors (Lipinski definition) is 4. The lowest BCUT2D eigenvalue weighted by Gasteiger charge is -2.42. The molecule has 6 nitrogen and oxygen atoms in total. The molecule has 0 radical (unpaired) electrons. The van der Waals surface area contributed by atoms with Crippen molar-refractivity contribution in [1.82, 2.24) is 19.7 Å². The van der Waals surface area contributed by atoms with E-state index in [1.54, 1.807) is 7.05 Å². The summed E-state index contributed by atoms with van der Waals surface area (Å²) in [6.45, 7) is -0.0823. The quantitative estimate of drug-likeness (QED) is 0.858. The van der Waals surface area contributed by atoms with Gasteiger partial charge in [-0.05, 0) is 19.3 Å². The molecule has 0 unspecified atom stereocenters. The molecule has 0 atom stereocenters. The highest BCUT2D eigenvalue weighted by molar-refractivity contribution is 5.84. The van der Waals surface area contributed by atoms with Crippen LogP contribution in [0.1, 0.15) is 25.1 Å². The topological polar surface area (TPSA) is 71.2 Å². The highest BCUT2D eigenvalue weighted by Gasteiger charge is 2.61. The summed E-state index contributed by atoms with van der Waals surface area (Å²) in [6.07, 6.45) is 1.69. The second-order valence-corrected chi connectivity index (χ2v) is 4.92. The lowest BCUT2D eigenvalue weighted by molar-refractivity contribution is -0.223. The van der Waals surface area contributed by atoms with Gasteiger partial charge in [-0.1, -0.05) is 0 Å². The summed E-state index contributed by atoms with van der Waals surface area (Å²) in [6, 6.07) is 0. The smallest absolute Gasteiger partial charge is 0.352 e. The Bertz CT molecular complexity index is 485. The monoisotopic (exact) mass is 274 g/mol. The maximum Gasteiger partial charge on any atom is 0.352 e. The first-order chi connectivity index (χ1) is 8.78. The van der Waals surface area contributed by atoms with E-state index in [1.165, 1.54) is 18.1 Å². The number of aliphatic hydroxyl groups is 1. The molecule has 1 amide bonds. The first-order valence-electron chi connectivity index (χ1n) is 5.96. The molecular formula is C11H16F2N4O2. The lowest BCUT2D eigenvalue weighted by atomic mass is 9.75. The van der Waals surface area contributed by atoms with Crippen LogP contribution in [0.2, 0.25) is 0 Å². The van der Waals surface area contributed by atoms with E-state index in [0.29, 0.717) is 12.2 Å². The Hall–Kier alpha value is -1.57. The Balaban J connectivity index is 2.09.